The third-order valence-electron chi connectivity index (χ3n) is 3.11. The van der Waals surface area contributed by atoms with E-state index >= 15 is 0 Å². The molecule has 0 amide bonds. The lowest BCUT2D eigenvalue weighted by Crippen LogP contribution is -2.45. The van der Waals surface area contributed by atoms with Crippen molar-refractivity contribution in [3.05, 3.63) is 21.3 Å². The van der Waals surface area contributed by atoms with Gasteiger partial charge in [0.05, 0.1) is 4.34 Å². The summed E-state index contributed by atoms with van der Waals surface area (Å²) in [6, 6.07) is 4.87. The molecule has 1 aliphatic rings. The van der Waals surface area contributed by atoms with Gasteiger partial charge in [0.2, 0.25) is 0 Å². The molecular formula is C10H14ClNS. The van der Waals surface area contributed by atoms with Crippen LogP contribution in [-0.2, 0) is 0 Å². The summed E-state index contributed by atoms with van der Waals surface area (Å²) < 4.78 is 0.912. The molecule has 0 saturated heterocycles. The molecule has 1 saturated carbocycles. The summed E-state index contributed by atoms with van der Waals surface area (Å²) in [4.78, 5) is 1.45. The second-order valence-electron chi connectivity index (χ2n) is 3.74. The van der Waals surface area contributed by atoms with Gasteiger partial charge in [-0.2, -0.15) is 0 Å². The van der Waals surface area contributed by atoms with Crippen LogP contribution in [0.15, 0.2) is 12.1 Å². The first-order chi connectivity index (χ1) is 6.22. The smallest absolute Gasteiger partial charge is 0.0931 e. The second kappa shape index (κ2) is 3.60. The van der Waals surface area contributed by atoms with E-state index in [0.717, 1.165) is 16.2 Å². The van der Waals surface area contributed by atoms with Crippen LogP contribution in [0.25, 0.3) is 0 Å². The van der Waals surface area contributed by atoms with Gasteiger partial charge in [0.1, 0.15) is 0 Å². The summed E-state index contributed by atoms with van der Waals surface area (Å²) in [5, 5.41) is 3.33. The fraction of sp³-hybridized carbons (Fsp3) is 0.600. The summed E-state index contributed by atoms with van der Waals surface area (Å²) in [5.41, 5.74) is 0. The zero-order valence-corrected chi connectivity index (χ0v) is 9.45. The van der Waals surface area contributed by atoms with Crippen molar-refractivity contribution in [3.63, 3.8) is 0 Å². The highest BCUT2D eigenvalue weighted by Crippen LogP contribution is 2.45. The van der Waals surface area contributed by atoms with E-state index in [-0.39, 0.29) is 0 Å². The molecule has 1 aromatic rings. The average molecular weight is 216 g/mol. The number of nitrogens with one attached hydrogen (secondary N) is 1. The van der Waals surface area contributed by atoms with Gasteiger partial charge in [-0.15, -0.1) is 11.3 Å². The van der Waals surface area contributed by atoms with Gasteiger partial charge in [-0.1, -0.05) is 18.5 Å². The largest absolute Gasteiger partial charge is 0.317 e. The Hall–Kier alpha value is -0.0500. The Balaban J connectivity index is 2.05. The predicted molar refractivity (Wildman–Crippen MR) is 58.7 cm³/mol. The molecule has 1 heterocycles. The molecular weight excluding hydrogens is 202 g/mol. The number of hydrogen-bond donors (Lipinski definition) is 1. The Labute approximate surface area is 88.1 Å². The summed E-state index contributed by atoms with van der Waals surface area (Å²) in [6.45, 7) is 2.31. The minimum Gasteiger partial charge on any atom is -0.317 e. The molecule has 1 nitrogen and oxygen atoms in total. The normalized spacial score (nSPS) is 33.0. The summed E-state index contributed by atoms with van der Waals surface area (Å²) in [6.07, 6.45) is 1.26. The van der Waals surface area contributed by atoms with E-state index in [2.05, 4.69) is 18.3 Å². The van der Waals surface area contributed by atoms with E-state index < -0.39 is 0 Å². The van der Waals surface area contributed by atoms with E-state index in [1.807, 2.05) is 13.1 Å². The van der Waals surface area contributed by atoms with Gasteiger partial charge in [-0.3, -0.25) is 0 Å². The number of hydrogen-bond acceptors (Lipinski definition) is 2. The van der Waals surface area contributed by atoms with Crippen LogP contribution in [0, 0.1) is 5.92 Å². The van der Waals surface area contributed by atoms with Gasteiger partial charge in [0, 0.05) is 10.9 Å². The monoisotopic (exact) mass is 215 g/mol. The molecule has 72 valence electrons. The van der Waals surface area contributed by atoms with Crippen molar-refractivity contribution in [1.29, 1.82) is 0 Å². The van der Waals surface area contributed by atoms with Gasteiger partial charge in [-0.05, 0) is 37.4 Å². The molecule has 0 aromatic carbocycles. The van der Waals surface area contributed by atoms with Gasteiger partial charge in [0.15, 0.2) is 0 Å². The molecule has 3 unspecified atom stereocenters. The first kappa shape index (κ1) is 9.50. The molecule has 1 fully saturated rings. The molecule has 13 heavy (non-hydrogen) atoms. The quantitative estimate of drug-likeness (QED) is 0.800. The molecule has 3 heteroatoms. The average Bonchev–Trinajstić information content (AvgIpc) is 2.50. The Morgan fingerprint density at radius 2 is 2.31 bits per heavy atom. The summed E-state index contributed by atoms with van der Waals surface area (Å²) >= 11 is 7.63. The summed E-state index contributed by atoms with van der Waals surface area (Å²) in [7, 11) is 2.04. The van der Waals surface area contributed by atoms with Crippen molar-refractivity contribution >= 4 is 22.9 Å². The first-order valence-electron chi connectivity index (χ1n) is 4.65. The summed E-state index contributed by atoms with van der Waals surface area (Å²) in [5.74, 6) is 1.48. The van der Waals surface area contributed by atoms with E-state index in [0.29, 0.717) is 6.04 Å². The Bertz CT molecular complexity index is 297. The van der Waals surface area contributed by atoms with Crippen LogP contribution in [-0.4, -0.2) is 13.1 Å². The van der Waals surface area contributed by atoms with Crippen LogP contribution in [0.4, 0.5) is 0 Å². The van der Waals surface area contributed by atoms with Gasteiger partial charge >= 0.3 is 0 Å². The Kier molecular flexibility index (Phi) is 2.63. The maximum atomic E-state index is 5.91. The van der Waals surface area contributed by atoms with Crippen molar-refractivity contribution < 1.29 is 0 Å². The highest BCUT2D eigenvalue weighted by molar-refractivity contribution is 7.16. The van der Waals surface area contributed by atoms with Crippen LogP contribution in [0.2, 0.25) is 4.34 Å². The maximum Gasteiger partial charge on any atom is 0.0931 e. The molecule has 0 bridgehead atoms. The molecule has 0 aliphatic heterocycles. The van der Waals surface area contributed by atoms with E-state index in [1.54, 1.807) is 11.3 Å². The fourth-order valence-corrected chi connectivity index (χ4v) is 3.36. The van der Waals surface area contributed by atoms with E-state index in [4.69, 9.17) is 11.6 Å². The van der Waals surface area contributed by atoms with Crippen molar-refractivity contribution in [1.82, 2.24) is 5.32 Å². The molecule has 0 radical (unpaired) electrons. The maximum absolute atomic E-state index is 5.91. The van der Waals surface area contributed by atoms with Crippen molar-refractivity contribution in [2.45, 2.75) is 25.3 Å². The fourth-order valence-electron chi connectivity index (χ4n) is 2.07. The van der Waals surface area contributed by atoms with Crippen molar-refractivity contribution in [3.8, 4) is 0 Å². The number of rotatable bonds is 2. The van der Waals surface area contributed by atoms with Crippen LogP contribution in [0.5, 0.6) is 0 Å². The second-order valence-corrected chi connectivity index (χ2v) is 5.49. The van der Waals surface area contributed by atoms with Crippen molar-refractivity contribution in [2.24, 2.45) is 5.92 Å². The van der Waals surface area contributed by atoms with Crippen molar-refractivity contribution in [2.75, 3.05) is 7.05 Å². The Morgan fingerprint density at radius 3 is 2.77 bits per heavy atom. The molecule has 1 aromatic heterocycles. The molecule has 1 N–H and O–H groups in total. The third-order valence-corrected chi connectivity index (χ3v) is 4.47. The van der Waals surface area contributed by atoms with Gasteiger partial charge < -0.3 is 5.32 Å². The highest BCUT2D eigenvalue weighted by atomic mass is 35.5. The zero-order chi connectivity index (χ0) is 9.42. The lowest BCUT2D eigenvalue weighted by molar-refractivity contribution is 0.197. The molecule has 2 rings (SSSR count). The zero-order valence-electron chi connectivity index (χ0n) is 7.88. The standard InChI is InChI=1S/C10H14ClNS/c1-6-7(5-8(6)12-2)9-3-4-10(11)13-9/h3-4,6-8,12H,5H2,1-2H3. The van der Waals surface area contributed by atoms with Gasteiger partial charge in [0.25, 0.3) is 0 Å². The lowest BCUT2D eigenvalue weighted by atomic mass is 9.70. The SMILES string of the molecule is CNC1CC(c2ccc(Cl)s2)C1C. The lowest BCUT2D eigenvalue weighted by Gasteiger charge is -2.42. The molecule has 1 aliphatic carbocycles. The van der Waals surface area contributed by atoms with Crippen LogP contribution >= 0.6 is 22.9 Å². The topological polar surface area (TPSA) is 12.0 Å². The van der Waals surface area contributed by atoms with E-state index in [1.165, 1.54) is 11.3 Å². The highest BCUT2D eigenvalue weighted by Gasteiger charge is 2.38. The van der Waals surface area contributed by atoms with Gasteiger partial charge in [-0.25, -0.2) is 0 Å². The molecule has 3 atom stereocenters. The number of halogens is 1. The number of thiophene rings is 1. The minimum atomic E-state index is 0.700. The third kappa shape index (κ3) is 1.63. The Morgan fingerprint density at radius 1 is 1.54 bits per heavy atom. The van der Waals surface area contributed by atoms with E-state index in [9.17, 15) is 0 Å². The first-order valence-corrected chi connectivity index (χ1v) is 5.84. The molecule has 0 spiro atoms. The van der Waals surface area contributed by atoms with Crippen LogP contribution in [0.1, 0.15) is 24.1 Å². The minimum absolute atomic E-state index is 0.700. The van der Waals surface area contributed by atoms with Crippen LogP contribution < -0.4 is 5.32 Å². The predicted octanol–water partition coefficient (Wildman–Crippen LogP) is 3.11. The van der Waals surface area contributed by atoms with Crippen LogP contribution in [0.3, 0.4) is 0 Å².